The Balaban J connectivity index is -0.000000980. The third kappa shape index (κ3) is 17.1. The molecule has 3 nitrogen and oxygen atoms in total. The zero-order valence-corrected chi connectivity index (χ0v) is 9.88. The summed E-state index contributed by atoms with van der Waals surface area (Å²) in [5.41, 5.74) is 0. The average molecular weight is 262 g/mol. The minimum absolute atomic E-state index is 0. The SMILES string of the molecule is CCCCCC(=O)OC(=O)CCCCC.[NaH].[NaH]. The van der Waals surface area contributed by atoms with Crippen LogP contribution in [0.4, 0.5) is 0 Å². The van der Waals surface area contributed by atoms with Crippen molar-refractivity contribution in [2.24, 2.45) is 0 Å². The molecule has 17 heavy (non-hydrogen) atoms. The van der Waals surface area contributed by atoms with E-state index in [9.17, 15) is 9.59 Å². The van der Waals surface area contributed by atoms with Crippen LogP contribution in [0.5, 0.6) is 0 Å². The summed E-state index contributed by atoms with van der Waals surface area (Å²) in [6.45, 7) is 4.14. The van der Waals surface area contributed by atoms with Gasteiger partial charge in [0.1, 0.15) is 0 Å². The predicted molar refractivity (Wildman–Crippen MR) is 73.7 cm³/mol. The van der Waals surface area contributed by atoms with Crippen molar-refractivity contribution >= 4 is 71.1 Å². The molecule has 0 unspecified atom stereocenters. The second-order valence-corrected chi connectivity index (χ2v) is 3.76. The molecule has 0 aliphatic rings. The van der Waals surface area contributed by atoms with Crippen LogP contribution in [0.15, 0.2) is 0 Å². The van der Waals surface area contributed by atoms with Gasteiger partial charge in [0.05, 0.1) is 0 Å². The molecular weight excluding hydrogens is 238 g/mol. The molecule has 0 fully saturated rings. The molecule has 5 heteroatoms. The summed E-state index contributed by atoms with van der Waals surface area (Å²) in [6, 6.07) is 0. The molecule has 0 saturated carbocycles. The molecule has 0 aromatic rings. The molecule has 0 aromatic carbocycles. The summed E-state index contributed by atoms with van der Waals surface area (Å²) in [4.78, 5) is 22.2. The van der Waals surface area contributed by atoms with E-state index in [0.29, 0.717) is 12.8 Å². The van der Waals surface area contributed by atoms with E-state index in [4.69, 9.17) is 0 Å². The number of carbonyl (C=O) groups excluding carboxylic acids is 2. The fourth-order valence-electron chi connectivity index (χ4n) is 1.27. The standard InChI is InChI=1S/C12H22O3.2Na.2H/c1-3-5-7-9-11(13)15-12(14)10-8-6-4-2;;;;/h3-10H2,1-2H3;;;;. The Kier molecular flexibility index (Phi) is 23.4. The van der Waals surface area contributed by atoms with Crippen molar-refractivity contribution in [2.45, 2.75) is 65.2 Å². The van der Waals surface area contributed by atoms with Crippen LogP contribution < -0.4 is 0 Å². The second-order valence-electron chi connectivity index (χ2n) is 3.76. The molecule has 0 atom stereocenters. The third-order valence-electron chi connectivity index (χ3n) is 2.20. The van der Waals surface area contributed by atoms with E-state index in [1.807, 2.05) is 0 Å². The Labute approximate surface area is 149 Å². The maximum absolute atomic E-state index is 11.1. The van der Waals surface area contributed by atoms with E-state index in [2.05, 4.69) is 18.6 Å². The molecule has 0 rings (SSSR count). The van der Waals surface area contributed by atoms with Crippen molar-refractivity contribution in [3.8, 4) is 0 Å². The molecule has 0 bridgehead atoms. The van der Waals surface area contributed by atoms with E-state index in [1.165, 1.54) is 0 Å². The van der Waals surface area contributed by atoms with Gasteiger partial charge in [-0.3, -0.25) is 9.59 Å². The van der Waals surface area contributed by atoms with Gasteiger partial charge in [-0.05, 0) is 12.8 Å². The molecular formula is C12H24Na2O3. The van der Waals surface area contributed by atoms with E-state index >= 15 is 0 Å². The predicted octanol–water partition coefficient (Wildman–Crippen LogP) is 1.92. The average Bonchev–Trinajstić information content (AvgIpc) is 2.18. The van der Waals surface area contributed by atoms with Crippen LogP contribution in [0.25, 0.3) is 0 Å². The van der Waals surface area contributed by atoms with Crippen molar-refractivity contribution in [1.29, 1.82) is 0 Å². The van der Waals surface area contributed by atoms with Crippen molar-refractivity contribution in [2.75, 3.05) is 0 Å². The molecule has 0 amide bonds. The Morgan fingerprint density at radius 1 is 0.765 bits per heavy atom. The van der Waals surface area contributed by atoms with Gasteiger partial charge >= 0.3 is 71.1 Å². The first-order valence-electron chi connectivity index (χ1n) is 5.94. The fraction of sp³-hybridized carbons (Fsp3) is 0.833. The number of esters is 2. The number of rotatable bonds is 8. The molecule has 0 aliphatic carbocycles. The van der Waals surface area contributed by atoms with Crippen LogP contribution in [-0.4, -0.2) is 71.1 Å². The normalized spacial score (nSPS) is 8.82. The number of hydrogen-bond donors (Lipinski definition) is 0. The quantitative estimate of drug-likeness (QED) is 0.290. The Hall–Kier alpha value is 1.14. The Morgan fingerprint density at radius 3 is 1.41 bits per heavy atom. The van der Waals surface area contributed by atoms with Crippen LogP contribution in [0, 0.1) is 0 Å². The topological polar surface area (TPSA) is 43.4 Å². The van der Waals surface area contributed by atoms with Crippen LogP contribution in [0.1, 0.15) is 65.2 Å². The molecule has 92 valence electrons. The van der Waals surface area contributed by atoms with Crippen LogP contribution in [0.3, 0.4) is 0 Å². The van der Waals surface area contributed by atoms with E-state index in [1.54, 1.807) is 0 Å². The minimum atomic E-state index is -0.370. The monoisotopic (exact) mass is 262 g/mol. The first-order chi connectivity index (χ1) is 7.20. The van der Waals surface area contributed by atoms with Gasteiger partial charge in [0.15, 0.2) is 0 Å². The summed E-state index contributed by atoms with van der Waals surface area (Å²) < 4.78 is 4.67. The van der Waals surface area contributed by atoms with E-state index in [0.717, 1.165) is 38.5 Å². The van der Waals surface area contributed by atoms with Gasteiger partial charge in [-0.1, -0.05) is 39.5 Å². The molecule has 0 radical (unpaired) electrons. The third-order valence-corrected chi connectivity index (χ3v) is 2.20. The Bertz CT molecular complexity index is 176. The van der Waals surface area contributed by atoms with Crippen molar-refractivity contribution in [3.05, 3.63) is 0 Å². The summed E-state index contributed by atoms with van der Waals surface area (Å²) in [6.07, 6.45) is 6.53. The first kappa shape index (κ1) is 23.2. The Morgan fingerprint density at radius 2 is 1.12 bits per heavy atom. The maximum atomic E-state index is 11.1. The van der Waals surface area contributed by atoms with Gasteiger partial charge < -0.3 is 4.74 Å². The summed E-state index contributed by atoms with van der Waals surface area (Å²) in [7, 11) is 0. The number of hydrogen-bond acceptors (Lipinski definition) is 3. The fourth-order valence-corrected chi connectivity index (χ4v) is 1.27. The van der Waals surface area contributed by atoms with Gasteiger partial charge in [-0.15, -0.1) is 0 Å². The zero-order chi connectivity index (χ0) is 11.5. The summed E-state index contributed by atoms with van der Waals surface area (Å²) in [5, 5.41) is 0. The van der Waals surface area contributed by atoms with Gasteiger partial charge in [0.25, 0.3) is 0 Å². The molecule has 0 aliphatic heterocycles. The van der Waals surface area contributed by atoms with E-state index in [-0.39, 0.29) is 71.1 Å². The summed E-state index contributed by atoms with van der Waals surface area (Å²) >= 11 is 0. The molecule has 0 spiro atoms. The second kappa shape index (κ2) is 17.1. The number of carbonyl (C=O) groups is 2. The number of unbranched alkanes of at least 4 members (excludes halogenated alkanes) is 4. The van der Waals surface area contributed by atoms with Gasteiger partial charge in [0, 0.05) is 12.8 Å². The van der Waals surface area contributed by atoms with Crippen molar-refractivity contribution < 1.29 is 14.3 Å². The number of ether oxygens (including phenoxy) is 1. The van der Waals surface area contributed by atoms with E-state index < -0.39 is 0 Å². The van der Waals surface area contributed by atoms with Crippen LogP contribution in [-0.2, 0) is 14.3 Å². The molecule has 0 saturated heterocycles. The first-order valence-corrected chi connectivity index (χ1v) is 5.94. The summed E-state index contributed by atoms with van der Waals surface area (Å²) in [5.74, 6) is -0.741. The van der Waals surface area contributed by atoms with Crippen LogP contribution >= 0.6 is 0 Å². The van der Waals surface area contributed by atoms with Gasteiger partial charge in [-0.2, -0.15) is 0 Å². The van der Waals surface area contributed by atoms with Crippen molar-refractivity contribution in [3.63, 3.8) is 0 Å². The van der Waals surface area contributed by atoms with Crippen molar-refractivity contribution in [1.82, 2.24) is 0 Å². The van der Waals surface area contributed by atoms with Gasteiger partial charge in [0.2, 0.25) is 0 Å². The van der Waals surface area contributed by atoms with Gasteiger partial charge in [-0.25, -0.2) is 0 Å². The molecule has 0 heterocycles. The molecule has 0 N–H and O–H groups in total. The molecule has 0 aromatic heterocycles. The van der Waals surface area contributed by atoms with Crippen LogP contribution in [0.2, 0.25) is 0 Å². The zero-order valence-electron chi connectivity index (χ0n) is 9.88.